The normalized spacial score (nSPS) is 10.7. The smallest absolute Gasteiger partial charge is 0.230 e. The minimum absolute atomic E-state index is 0.0657. The number of carbonyl (C=O) groups is 1. The van der Waals surface area contributed by atoms with Crippen molar-refractivity contribution in [2.45, 2.75) is 6.42 Å². The Morgan fingerprint density at radius 2 is 2.17 bits per heavy atom. The second kappa shape index (κ2) is 4.37. The monoisotopic (exact) mass is 240 g/mol. The van der Waals surface area contributed by atoms with Gasteiger partial charge in [-0.3, -0.25) is 9.89 Å². The number of hydrogen-bond donors (Lipinski definition) is 3. The average Bonchev–Trinajstić information content (AvgIpc) is 3.00. The molecule has 1 amide bonds. The van der Waals surface area contributed by atoms with Gasteiger partial charge in [-0.25, -0.2) is 0 Å². The molecule has 5 nitrogen and oxygen atoms in total. The maximum absolute atomic E-state index is 11.8. The summed E-state index contributed by atoms with van der Waals surface area (Å²) in [5.74, 6) is -0.0657. The van der Waals surface area contributed by atoms with E-state index in [1.807, 2.05) is 24.3 Å². The van der Waals surface area contributed by atoms with Gasteiger partial charge in [0.05, 0.1) is 12.1 Å². The maximum atomic E-state index is 11.8. The summed E-state index contributed by atoms with van der Waals surface area (Å²) >= 11 is 0. The van der Waals surface area contributed by atoms with Crippen LogP contribution in [0.15, 0.2) is 42.7 Å². The first kappa shape index (κ1) is 10.6. The Hall–Kier alpha value is -2.56. The molecule has 0 aliphatic heterocycles. The molecule has 3 N–H and O–H groups in total. The molecule has 2 aromatic heterocycles. The summed E-state index contributed by atoms with van der Waals surface area (Å²) in [7, 11) is 0. The molecular weight excluding hydrogens is 228 g/mol. The molecule has 0 saturated carbocycles. The number of benzene rings is 1. The molecule has 0 atom stereocenters. The number of H-pyrrole nitrogens is 2. The number of para-hydroxylation sites is 1. The molecule has 2 heterocycles. The molecule has 1 aromatic carbocycles. The molecule has 0 fully saturated rings. The lowest BCUT2D eigenvalue weighted by Crippen LogP contribution is -2.14. The number of aromatic amines is 2. The number of nitrogens with zero attached hydrogens (tertiary/aromatic N) is 1. The first-order valence-electron chi connectivity index (χ1n) is 5.67. The highest BCUT2D eigenvalue weighted by molar-refractivity contribution is 6.02. The number of carbonyl (C=O) groups excluding carboxylic acids is 1. The first-order chi connectivity index (χ1) is 8.83. The van der Waals surface area contributed by atoms with Crippen LogP contribution >= 0.6 is 0 Å². The van der Waals surface area contributed by atoms with E-state index in [4.69, 9.17) is 0 Å². The third kappa shape index (κ3) is 1.98. The lowest BCUT2D eigenvalue weighted by Gasteiger charge is -2.02. The maximum Gasteiger partial charge on any atom is 0.230 e. The van der Waals surface area contributed by atoms with E-state index in [0.29, 0.717) is 6.42 Å². The Bertz CT molecular complexity index is 669. The minimum atomic E-state index is -0.0657. The summed E-state index contributed by atoms with van der Waals surface area (Å²) in [6, 6.07) is 9.63. The van der Waals surface area contributed by atoms with Crippen LogP contribution in [0.2, 0.25) is 0 Å². The van der Waals surface area contributed by atoms with Gasteiger partial charge in [0.15, 0.2) is 0 Å². The van der Waals surface area contributed by atoms with Gasteiger partial charge in [0.25, 0.3) is 0 Å². The van der Waals surface area contributed by atoms with Crippen molar-refractivity contribution >= 4 is 22.5 Å². The zero-order chi connectivity index (χ0) is 12.4. The highest BCUT2D eigenvalue weighted by Gasteiger charge is 2.08. The van der Waals surface area contributed by atoms with Gasteiger partial charge in [-0.2, -0.15) is 5.10 Å². The Morgan fingerprint density at radius 1 is 1.28 bits per heavy atom. The van der Waals surface area contributed by atoms with Crippen molar-refractivity contribution in [3.63, 3.8) is 0 Å². The van der Waals surface area contributed by atoms with Crippen LogP contribution < -0.4 is 5.32 Å². The van der Waals surface area contributed by atoms with Gasteiger partial charge >= 0.3 is 0 Å². The fourth-order valence-electron chi connectivity index (χ4n) is 1.93. The second-order valence-electron chi connectivity index (χ2n) is 4.05. The van der Waals surface area contributed by atoms with Crippen LogP contribution in [0.1, 0.15) is 5.69 Å². The molecule has 0 saturated heterocycles. The second-order valence-corrected chi connectivity index (χ2v) is 4.05. The number of fused-ring (bicyclic) bond motifs is 1. The summed E-state index contributed by atoms with van der Waals surface area (Å²) in [5, 5.41) is 10.5. The molecule has 0 radical (unpaired) electrons. The highest BCUT2D eigenvalue weighted by atomic mass is 16.1. The van der Waals surface area contributed by atoms with E-state index in [0.717, 1.165) is 22.3 Å². The molecule has 3 rings (SSSR count). The van der Waals surface area contributed by atoms with Crippen molar-refractivity contribution in [3.05, 3.63) is 48.4 Å². The van der Waals surface area contributed by atoms with E-state index in [-0.39, 0.29) is 5.91 Å². The predicted octanol–water partition coefficient (Wildman–Crippen LogP) is 2.07. The van der Waals surface area contributed by atoms with Gasteiger partial charge in [-0.1, -0.05) is 18.2 Å². The third-order valence-electron chi connectivity index (χ3n) is 2.77. The van der Waals surface area contributed by atoms with Crippen LogP contribution in [-0.2, 0) is 11.2 Å². The molecule has 0 bridgehead atoms. The van der Waals surface area contributed by atoms with Gasteiger partial charge in [0.2, 0.25) is 5.91 Å². The summed E-state index contributed by atoms with van der Waals surface area (Å²) in [6.45, 7) is 0. The lowest BCUT2D eigenvalue weighted by molar-refractivity contribution is -0.115. The Labute approximate surface area is 103 Å². The first-order valence-corrected chi connectivity index (χ1v) is 5.67. The van der Waals surface area contributed by atoms with Crippen LogP contribution in [0.3, 0.4) is 0 Å². The van der Waals surface area contributed by atoms with E-state index < -0.39 is 0 Å². The van der Waals surface area contributed by atoms with Gasteiger partial charge in [0.1, 0.15) is 0 Å². The molecule has 0 unspecified atom stereocenters. The molecular formula is C13H12N4O. The molecule has 0 aliphatic rings. The zero-order valence-electron chi connectivity index (χ0n) is 9.60. The van der Waals surface area contributed by atoms with Crippen LogP contribution in [-0.4, -0.2) is 21.1 Å². The Kier molecular flexibility index (Phi) is 2.57. The van der Waals surface area contributed by atoms with Crippen LogP contribution in [0.4, 0.5) is 5.69 Å². The van der Waals surface area contributed by atoms with Crippen LogP contribution in [0.25, 0.3) is 10.9 Å². The minimum Gasteiger partial charge on any atom is -0.359 e. The largest absolute Gasteiger partial charge is 0.359 e. The predicted molar refractivity (Wildman–Crippen MR) is 69.2 cm³/mol. The molecule has 90 valence electrons. The van der Waals surface area contributed by atoms with E-state index in [1.165, 1.54) is 0 Å². The molecule has 5 heteroatoms. The number of hydrogen-bond acceptors (Lipinski definition) is 2. The molecule has 18 heavy (non-hydrogen) atoms. The zero-order valence-corrected chi connectivity index (χ0v) is 9.60. The van der Waals surface area contributed by atoms with E-state index in [2.05, 4.69) is 20.5 Å². The number of aromatic nitrogens is 3. The fraction of sp³-hybridized carbons (Fsp3) is 0.0769. The van der Waals surface area contributed by atoms with E-state index in [9.17, 15) is 4.79 Å². The quantitative estimate of drug-likeness (QED) is 0.655. The summed E-state index contributed by atoms with van der Waals surface area (Å²) in [5.41, 5.74) is 2.61. The highest BCUT2D eigenvalue weighted by Crippen LogP contribution is 2.22. The number of amides is 1. The lowest BCUT2D eigenvalue weighted by atomic mass is 10.2. The topological polar surface area (TPSA) is 73.6 Å². The van der Waals surface area contributed by atoms with Crippen molar-refractivity contribution in [2.24, 2.45) is 0 Å². The summed E-state index contributed by atoms with van der Waals surface area (Å²) < 4.78 is 0. The number of rotatable bonds is 3. The van der Waals surface area contributed by atoms with Crippen LogP contribution in [0.5, 0.6) is 0 Å². The third-order valence-corrected chi connectivity index (χ3v) is 2.77. The van der Waals surface area contributed by atoms with Gasteiger partial charge in [-0.05, 0) is 12.1 Å². The number of anilines is 1. The SMILES string of the molecule is O=C(Cc1ccn[nH]1)Nc1c[nH]c2ccccc12. The summed E-state index contributed by atoms with van der Waals surface area (Å²) in [6.07, 6.45) is 3.73. The molecule has 0 aliphatic carbocycles. The fourth-order valence-corrected chi connectivity index (χ4v) is 1.93. The Balaban J connectivity index is 1.78. The van der Waals surface area contributed by atoms with Crippen LogP contribution in [0, 0.1) is 0 Å². The van der Waals surface area contributed by atoms with E-state index >= 15 is 0 Å². The van der Waals surface area contributed by atoms with Crippen molar-refractivity contribution in [3.8, 4) is 0 Å². The van der Waals surface area contributed by atoms with Gasteiger partial charge in [-0.15, -0.1) is 0 Å². The van der Waals surface area contributed by atoms with E-state index in [1.54, 1.807) is 18.5 Å². The van der Waals surface area contributed by atoms with Crippen molar-refractivity contribution in [1.82, 2.24) is 15.2 Å². The summed E-state index contributed by atoms with van der Waals surface area (Å²) in [4.78, 5) is 15.0. The van der Waals surface area contributed by atoms with Crippen molar-refractivity contribution in [1.29, 1.82) is 0 Å². The standard InChI is InChI=1S/C13H12N4O/c18-13(7-9-5-6-15-17-9)16-12-8-14-11-4-2-1-3-10(11)12/h1-6,8,14H,7H2,(H,15,17)(H,16,18). The Morgan fingerprint density at radius 3 is 3.00 bits per heavy atom. The molecule has 0 spiro atoms. The van der Waals surface area contributed by atoms with Crippen molar-refractivity contribution < 1.29 is 4.79 Å². The average molecular weight is 240 g/mol. The van der Waals surface area contributed by atoms with Gasteiger partial charge < -0.3 is 10.3 Å². The molecule has 3 aromatic rings. The van der Waals surface area contributed by atoms with Crippen molar-refractivity contribution in [2.75, 3.05) is 5.32 Å². The van der Waals surface area contributed by atoms with Gasteiger partial charge in [0, 0.05) is 29.0 Å². The number of nitrogens with one attached hydrogen (secondary N) is 3.